The molecule has 1 aromatic carbocycles. The zero-order valence-electron chi connectivity index (χ0n) is 20.5. The van der Waals surface area contributed by atoms with E-state index in [-0.39, 0.29) is 13.0 Å². The van der Waals surface area contributed by atoms with E-state index in [9.17, 15) is 24.0 Å². The molecule has 0 radical (unpaired) electrons. The quantitative estimate of drug-likeness (QED) is 0.278. The number of nitrogens with zero attached hydrogens (tertiary/aromatic N) is 2. The van der Waals surface area contributed by atoms with Gasteiger partial charge in [0, 0.05) is 18.9 Å². The minimum absolute atomic E-state index is 0.171. The molecule has 0 aliphatic carbocycles. The van der Waals surface area contributed by atoms with E-state index in [1.54, 1.807) is 31.2 Å². The molecule has 2 bridgehead atoms. The van der Waals surface area contributed by atoms with Crippen LogP contribution in [0.3, 0.4) is 0 Å². The van der Waals surface area contributed by atoms with Gasteiger partial charge in [0.05, 0.1) is 13.7 Å². The molecule has 4 atom stereocenters. The molecule has 12 heteroatoms. The molecule has 3 aliphatic rings. The third kappa shape index (κ3) is 6.37. The number of hydrogen-bond acceptors (Lipinski definition) is 8. The molecule has 0 saturated carbocycles. The van der Waals surface area contributed by atoms with Gasteiger partial charge in [0.15, 0.2) is 0 Å². The number of oxime groups is 1. The van der Waals surface area contributed by atoms with Gasteiger partial charge in [-0.25, -0.2) is 4.79 Å². The van der Waals surface area contributed by atoms with E-state index < -0.39 is 53.6 Å². The number of carbonyl (C=O) groups excluding carboxylic acids is 5. The molecule has 194 valence electrons. The lowest BCUT2D eigenvalue weighted by Crippen LogP contribution is -2.56. The van der Waals surface area contributed by atoms with Gasteiger partial charge < -0.3 is 30.4 Å². The summed E-state index contributed by atoms with van der Waals surface area (Å²) < 4.78 is 4.82. The first-order valence-electron chi connectivity index (χ1n) is 11.7. The summed E-state index contributed by atoms with van der Waals surface area (Å²) in [4.78, 5) is 69.7. The molecular formula is C24H31N5O7. The monoisotopic (exact) mass is 501 g/mol. The number of ether oxygens (including phenoxy) is 1. The second kappa shape index (κ2) is 12.1. The summed E-state index contributed by atoms with van der Waals surface area (Å²) in [5, 5.41) is 11.3. The zero-order valence-corrected chi connectivity index (χ0v) is 20.5. The summed E-state index contributed by atoms with van der Waals surface area (Å²) in [7, 11) is 2.53. The highest BCUT2D eigenvalue weighted by Crippen LogP contribution is 2.26. The van der Waals surface area contributed by atoms with Crippen LogP contribution in [-0.2, 0) is 40.0 Å². The van der Waals surface area contributed by atoms with Crippen LogP contribution in [0.1, 0.15) is 36.8 Å². The third-order valence-corrected chi connectivity index (χ3v) is 6.37. The highest BCUT2D eigenvalue weighted by Gasteiger charge is 2.40. The second-order valence-corrected chi connectivity index (χ2v) is 8.69. The molecule has 0 spiro atoms. The average molecular weight is 502 g/mol. The lowest BCUT2D eigenvalue weighted by Gasteiger charge is -2.31. The lowest BCUT2D eigenvalue weighted by molar-refractivity contribution is -0.145. The van der Waals surface area contributed by atoms with E-state index in [1.165, 1.54) is 19.1 Å². The third-order valence-electron chi connectivity index (χ3n) is 6.37. The van der Waals surface area contributed by atoms with Crippen LogP contribution >= 0.6 is 0 Å². The predicted molar refractivity (Wildman–Crippen MR) is 128 cm³/mol. The molecule has 1 fully saturated rings. The highest BCUT2D eigenvalue weighted by molar-refractivity contribution is 6.26. The van der Waals surface area contributed by atoms with E-state index in [0.29, 0.717) is 19.4 Å². The molecule has 1 aromatic rings. The van der Waals surface area contributed by atoms with Crippen LogP contribution in [-0.4, -0.2) is 86.1 Å². The normalized spacial score (nSPS) is 25.2. The number of amides is 4. The summed E-state index contributed by atoms with van der Waals surface area (Å²) >= 11 is 0. The van der Waals surface area contributed by atoms with E-state index in [1.807, 2.05) is 0 Å². The van der Waals surface area contributed by atoms with Crippen LogP contribution in [0.5, 0.6) is 0 Å². The molecule has 3 heterocycles. The van der Waals surface area contributed by atoms with Crippen molar-refractivity contribution in [3.63, 3.8) is 0 Å². The molecule has 0 aromatic heterocycles. The van der Waals surface area contributed by atoms with Gasteiger partial charge in [-0.3, -0.25) is 19.2 Å². The first-order chi connectivity index (χ1) is 17.2. The van der Waals surface area contributed by atoms with E-state index in [0.717, 1.165) is 17.3 Å². The Morgan fingerprint density at radius 3 is 2.56 bits per heavy atom. The van der Waals surface area contributed by atoms with Crippen molar-refractivity contribution in [3.05, 3.63) is 35.4 Å². The molecule has 1 saturated heterocycles. The van der Waals surface area contributed by atoms with E-state index in [4.69, 9.17) is 4.74 Å². The van der Waals surface area contributed by atoms with Crippen LogP contribution in [0.25, 0.3) is 0 Å². The topological polar surface area (TPSA) is 155 Å². The molecule has 3 aliphatic heterocycles. The summed E-state index contributed by atoms with van der Waals surface area (Å²) in [6.07, 6.45) is 2.11. The van der Waals surface area contributed by atoms with E-state index >= 15 is 0 Å². The zero-order chi connectivity index (χ0) is 26.2. The minimum atomic E-state index is -0.987. The predicted octanol–water partition coefficient (Wildman–Crippen LogP) is -0.772. The Kier molecular flexibility index (Phi) is 8.98. The van der Waals surface area contributed by atoms with Gasteiger partial charge >= 0.3 is 5.97 Å². The molecule has 4 rings (SSSR count). The minimum Gasteiger partial charge on any atom is -0.467 e. The van der Waals surface area contributed by atoms with Gasteiger partial charge in [-0.15, -0.1) is 0 Å². The summed E-state index contributed by atoms with van der Waals surface area (Å²) in [6, 6.07) is 4.45. The smallest absolute Gasteiger partial charge is 0.328 e. The molecule has 3 N–H and O–H groups in total. The van der Waals surface area contributed by atoms with Crippen LogP contribution in [0.15, 0.2) is 29.4 Å². The number of rotatable bonds is 4. The fraction of sp³-hybridized carbons (Fsp3) is 0.500. The van der Waals surface area contributed by atoms with Crippen molar-refractivity contribution in [2.75, 3.05) is 27.3 Å². The number of fused-ring (bicyclic) bond motifs is 10. The number of hydrogen-bond donors (Lipinski definition) is 3. The number of benzene rings is 1. The fourth-order valence-electron chi connectivity index (χ4n) is 4.42. The van der Waals surface area contributed by atoms with Crippen molar-refractivity contribution < 1.29 is 33.5 Å². The van der Waals surface area contributed by atoms with Gasteiger partial charge in [0.2, 0.25) is 17.7 Å². The Labute approximate surface area is 208 Å². The second-order valence-electron chi connectivity index (χ2n) is 8.69. The van der Waals surface area contributed by atoms with Gasteiger partial charge in [0.1, 0.15) is 31.4 Å². The summed E-state index contributed by atoms with van der Waals surface area (Å²) in [5.74, 6) is -3.15. The Balaban J connectivity index is 1.99. The van der Waals surface area contributed by atoms with Gasteiger partial charge in [-0.1, -0.05) is 36.3 Å². The van der Waals surface area contributed by atoms with Crippen molar-refractivity contribution in [1.29, 1.82) is 0 Å². The standard InChI is InChI=1S/C24H31N5O7/c1-14-16-8-6-15(7-9-16)11-17(24(34)35-2)27-19(30)12-25-22(32)18-5-4-10-29(18)23(33)21(14)28-20(31)13-26-36-3/h6-9,13-14,17-18,21H,4-5,10-12H2,1-3H3,(H,25,32)(H,27,30)(H,28,31)/b26-13+/t14-,17-,18-,21-/m0/s1. The van der Waals surface area contributed by atoms with Gasteiger partial charge in [-0.05, 0) is 24.0 Å². The first kappa shape index (κ1) is 26.6. The van der Waals surface area contributed by atoms with Crippen molar-refractivity contribution in [3.8, 4) is 0 Å². The van der Waals surface area contributed by atoms with Crippen molar-refractivity contribution in [2.45, 2.75) is 50.2 Å². The number of nitrogens with one attached hydrogen (secondary N) is 3. The van der Waals surface area contributed by atoms with Crippen LogP contribution in [0.4, 0.5) is 0 Å². The molecule has 0 unspecified atom stereocenters. The SMILES string of the molecule is CO/N=C/C(=O)N[C@@H]1C(=O)N2CCC[C@H]2C(=O)NCC(=O)N[C@H](C(=O)OC)Cc2ccc(cc2)[C@@H]1C. The Morgan fingerprint density at radius 1 is 1.17 bits per heavy atom. The fourth-order valence-corrected chi connectivity index (χ4v) is 4.42. The largest absolute Gasteiger partial charge is 0.467 e. The molecule has 36 heavy (non-hydrogen) atoms. The lowest BCUT2D eigenvalue weighted by atomic mass is 9.90. The highest BCUT2D eigenvalue weighted by atomic mass is 16.6. The first-order valence-corrected chi connectivity index (χ1v) is 11.7. The maximum atomic E-state index is 13.6. The van der Waals surface area contributed by atoms with Crippen LogP contribution in [0, 0.1) is 0 Å². The number of esters is 1. The Hall–Kier alpha value is -3.96. The van der Waals surface area contributed by atoms with Crippen molar-refractivity contribution in [1.82, 2.24) is 20.9 Å². The Bertz CT molecular complexity index is 1030. The molecule has 12 nitrogen and oxygen atoms in total. The number of methoxy groups -OCH3 is 1. The molecule has 4 amide bonds. The average Bonchev–Trinajstić information content (AvgIpc) is 3.37. The molecular weight excluding hydrogens is 470 g/mol. The van der Waals surface area contributed by atoms with E-state index in [2.05, 4.69) is 25.9 Å². The van der Waals surface area contributed by atoms with Crippen LogP contribution < -0.4 is 16.0 Å². The summed E-state index contributed by atoms with van der Waals surface area (Å²) in [5.41, 5.74) is 1.50. The van der Waals surface area contributed by atoms with Gasteiger partial charge in [0.25, 0.3) is 5.91 Å². The maximum absolute atomic E-state index is 13.6. The summed E-state index contributed by atoms with van der Waals surface area (Å²) in [6.45, 7) is 1.77. The van der Waals surface area contributed by atoms with Crippen LogP contribution in [0.2, 0.25) is 0 Å². The maximum Gasteiger partial charge on any atom is 0.328 e. The van der Waals surface area contributed by atoms with Crippen molar-refractivity contribution in [2.24, 2.45) is 5.16 Å². The number of carbonyl (C=O) groups is 5. The Morgan fingerprint density at radius 2 is 1.89 bits per heavy atom. The van der Waals surface area contributed by atoms with Gasteiger partial charge in [-0.2, -0.15) is 0 Å². The van der Waals surface area contributed by atoms with Crippen molar-refractivity contribution >= 4 is 35.8 Å².